The van der Waals surface area contributed by atoms with Gasteiger partial charge in [-0.3, -0.25) is 9.36 Å². The molecule has 34 heavy (non-hydrogen) atoms. The zero-order valence-electron chi connectivity index (χ0n) is 18.5. The Morgan fingerprint density at radius 2 is 1.94 bits per heavy atom. The summed E-state index contributed by atoms with van der Waals surface area (Å²) < 4.78 is 21.8. The second-order valence-corrected chi connectivity index (χ2v) is 9.29. The predicted octanol–water partition coefficient (Wildman–Crippen LogP) is 4.78. The summed E-state index contributed by atoms with van der Waals surface area (Å²) in [5.74, 6) is -0.140. The summed E-state index contributed by atoms with van der Waals surface area (Å²) in [6.45, 7) is 0. The Bertz CT molecular complexity index is 1400. The van der Waals surface area contributed by atoms with Crippen molar-refractivity contribution in [1.29, 1.82) is 0 Å². The van der Waals surface area contributed by atoms with Crippen LogP contribution in [0.3, 0.4) is 0 Å². The lowest BCUT2D eigenvalue weighted by Crippen LogP contribution is -2.42. The van der Waals surface area contributed by atoms with Gasteiger partial charge in [0.15, 0.2) is 5.82 Å². The van der Waals surface area contributed by atoms with Gasteiger partial charge in [-0.15, -0.1) is 21.5 Å². The molecule has 1 aliphatic rings. The van der Waals surface area contributed by atoms with Gasteiger partial charge in [0.1, 0.15) is 11.9 Å². The fourth-order valence-corrected chi connectivity index (χ4v) is 5.14. The van der Waals surface area contributed by atoms with E-state index in [-0.39, 0.29) is 35.3 Å². The van der Waals surface area contributed by atoms with Crippen LogP contribution in [-0.4, -0.2) is 32.9 Å². The Hall–Kier alpha value is -3.59. The third-order valence-electron chi connectivity index (χ3n) is 6.15. The van der Waals surface area contributed by atoms with E-state index < -0.39 is 0 Å². The largest absolute Gasteiger partial charge is 0.457 e. The van der Waals surface area contributed by atoms with E-state index in [2.05, 4.69) is 15.5 Å². The minimum absolute atomic E-state index is 0.113. The van der Waals surface area contributed by atoms with E-state index in [1.54, 1.807) is 49.5 Å². The molecule has 0 radical (unpaired) electrons. The maximum atomic E-state index is 13.8. The second kappa shape index (κ2) is 9.34. The van der Waals surface area contributed by atoms with Crippen molar-refractivity contribution in [3.05, 3.63) is 75.6 Å². The first-order valence-electron chi connectivity index (χ1n) is 11.1. The van der Waals surface area contributed by atoms with Crippen molar-refractivity contribution >= 4 is 33.2 Å². The molecule has 1 N–H and O–H groups in total. The molecule has 4 aromatic rings. The molecule has 1 saturated carbocycles. The van der Waals surface area contributed by atoms with Crippen LogP contribution in [0.4, 0.5) is 10.2 Å². The molecule has 2 aromatic carbocycles. The predicted molar refractivity (Wildman–Crippen MR) is 130 cm³/mol. The molecule has 174 valence electrons. The highest BCUT2D eigenvalue weighted by molar-refractivity contribution is 7.17. The van der Waals surface area contributed by atoms with E-state index in [1.807, 2.05) is 6.07 Å². The van der Waals surface area contributed by atoms with Crippen LogP contribution in [0.1, 0.15) is 36.0 Å². The monoisotopic (exact) mass is 478 g/mol. The molecule has 0 unspecified atom stereocenters. The number of carbonyl (C=O) groups is 1. The van der Waals surface area contributed by atoms with Gasteiger partial charge in [-0.05, 0) is 43.5 Å². The normalized spacial score (nSPS) is 18.1. The molecule has 1 fully saturated rings. The first-order chi connectivity index (χ1) is 16.5. The highest BCUT2D eigenvalue weighted by Crippen LogP contribution is 2.29. The van der Waals surface area contributed by atoms with Crippen LogP contribution in [-0.2, 0) is 11.8 Å². The maximum absolute atomic E-state index is 13.8. The smallest absolute Gasteiger partial charge is 0.338 e. The van der Waals surface area contributed by atoms with Gasteiger partial charge < -0.3 is 10.1 Å². The molecule has 2 atom stereocenters. The lowest BCUT2D eigenvalue weighted by Gasteiger charge is -2.31. The molecule has 0 spiro atoms. The third kappa shape index (κ3) is 4.31. The van der Waals surface area contributed by atoms with Gasteiger partial charge in [-0.25, -0.2) is 9.18 Å². The van der Waals surface area contributed by atoms with Gasteiger partial charge in [-0.1, -0.05) is 30.7 Å². The molecule has 2 aromatic heterocycles. The zero-order chi connectivity index (χ0) is 23.7. The number of thiophene rings is 1. The molecule has 5 rings (SSSR count). The van der Waals surface area contributed by atoms with Gasteiger partial charge in [0.2, 0.25) is 5.82 Å². The minimum atomic E-state index is -0.381. The van der Waals surface area contributed by atoms with E-state index in [0.29, 0.717) is 28.8 Å². The minimum Gasteiger partial charge on any atom is -0.457 e. The van der Waals surface area contributed by atoms with Crippen LogP contribution >= 0.6 is 11.3 Å². The van der Waals surface area contributed by atoms with Crippen molar-refractivity contribution < 1.29 is 13.9 Å². The molecular weight excluding hydrogens is 455 g/mol. The number of aromatic nitrogens is 3. The molecule has 9 heteroatoms. The Morgan fingerprint density at radius 3 is 2.76 bits per heavy atom. The average molecular weight is 479 g/mol. The zero-order valence-corrected chi connectivity index (χ0v) is 19.3. The highest BCUT2D eigenvalue weighted by atomic mass is 32.1. The van der Waals surface area contributed by atoms with E-state index in [1.165, 1.54) is 21.3 Å². The average Bonchev–Trinajstić information content (AvgIpc) is 3.23. The lowest BCUT2D eigenvalue weighted by molar-refractivity contribution is 0.0174. The molecule has 0 saturated heterocycles. The number of esters is 1. The van der Waals surface area contributed by atoms with Crippen LogP contribution in [0.25, 0.3) is 21.5 Å². The summed E-state index contributed by atoms with van der Waals surface area (Å²) in [6.07, 6.45) is 2.99. The summed E-state index contributed by atoms with van der Waals surface area (Å²) in [6, 6.07) is 13.8. The number of anilines is 1. The quantitative estimate of drug-likeness (QED) is 0.416. The first-order valence-corrected chi connectivity index (χ1v) is 12.0. The summed E-state index contributed by atoms with van der Waals surface area (Å²) in [7, 11) is 1.63. The van der Waals surface area contributed by atoms with Gasteiger partial charge >= 0.3 is 5.97 Å². The van der Waals surface area contributed by atoms with Crippen molar-refractivity contribution in [2.45, 2.75) is 37.8 Å². The number of fused-ring (bicyclic) bond motifs is 1. The topological polar surface area (TPSA) is 86.1 Å². The number of halogens is 1. The number of nitrogens with zero attached hydrogens (tertiary/aromatic N) is 3. The summed E-state index contributed by atoms with van der Waals surface area (Å²) in [4.78, 5) is 25.6. The standard InChI is InChI=1S/C25H23FN4O3S/c1-30-23(16-11-12-17-18(26)14-34-21(17)13-16)29-28-22(24(30)31)27-19-9-5-6-10-20(19)33-25(32)15-7-3-2-4-8-15/h2-4,7-8,11-14,19-20H,5-6,9-10H2,1H3,(H,27,28)/t19-,20-/m1/s1. The summed E-state index contributed by atoms with van der Waals surface area (Å²) in [5.41, 5.74) is 0.843. The number of rotatable bonds is 5. The third-order valence-corrected chi connectivity index (χ3v) is 7.07. The molecule has 0 amide bonds. The Kier molecular flexibility index (Phi) is 6.10. The number of carbonyl (C=O) groups excluding carboxylic acids is 1. The number of benzene rings is 2. The number of hydrogen-bond acceptors (Lipinski definition) is 7. The Balaban J connectivity index is 1.37. The lowest BCUT2D eigenvalue weighted by atomic mass is 9.92. The van der Waals surface area contributed by atoms with E-state index in [9.17, 15) is 14.0 Å². The van der Waals surface area contributed by atoms with Crippen LogP contribution in [0.2, 0.25) is 0 Å². The molecular formula is C25H23FN4O3S. The molecule has 7 nitrogen and oxygen atoms in total. The van der Waals surface area contributed by atoms with Crippen LogP contribution in [0, 0.1) is 5.82 Å². The highest BCUT2D eigenvalue weighted by Gasteiger charge is 2.30. The number of nitrogens with one attached hydrogen (secondary N) is 1. The fourth-order valence-electron chi connectivity index (χ4n) is 4.30. The van der Waals surface area contributed by atoms with Crippen molar-refractivity contribution in [2.24, 2.45) is 7.05 Å². The molecule has 0 aliphatic heterocycles. The van der Waals surface area contributed by atoms with E-state index >= 15 is 0 Å². The van der Waals surface area contributed by atoms with Crippen molar-refractivity contribution in [2.75, 3.05) is 5.32 Å². The summed E-state index contributed by atoms with van der Waals surface area (Å²) >= 11 is 1.30. The fraction of sp³-hybridized carbons (Fsp3) is 0.280. The van der Waals surface area contributed by atoms with Crippen molar-refractivity contribution in [1.82, 2.24) is 14.8 Å². The van der Waals surface area contributed by atoms with Crippen LogP contribution in [0.5, 0.6) is 0 Å². The maximum Gasteiger partial charge on any atom is 0.338 e. The van der Waals surface area contributed by atoms with E-state index in [4.69, 9.17) is 4.74 Å². The number of ether oxygens (including phenoxy) is 1. The Labute approximate surface area is 199 Å². The van der Waals surface area contributed by atoms with Gasteiger partial charge in [0.25, 0.3) is 5.56 Å². The van der Waals surface area contributed by atoms with Crippen LogP contribution in [0.15, 0.2) is 58.7 Å². The number of hydrogen-bond donors (Lipinski definition) is 1. The van der Waals surface area contributed by atoms with Gasteiger partial charge in [0.05, 0.1) is 11.6 Å². The first kappa shape index (κ1) is 22.2. The van der Waals surface area contributed by atoms with E-state index in [0.717, 1.165) is 24.0 Å². The van der Waals surface area contributed by atoms with Crippen molar-refractivity contribution in [3.63, 3.8) is 0 Å². The molecule has 0 bridgehead atoms. The van der Waals surface area contributed by atoms with Gasteiger partial charge in [-0.2, -0.15) is 0 Å². The SMILES string of the molecule is Cn1c(-c2ccc3c(F)csc3c2)nnc(N[C@@H]2CCCC[C@H]2OC(=O)c2ccccc2)c1=O. The van der Waals surface area contributed by atoms with Crippen LogP contribution < -0.4 is 10.9 Å². The molecule has 2 heterocycles. The molecule has 1 aliphatic carbocycles. The second-order valence-electron chi connectivity index (χ2n) is 8.38. The Morgan fingerprint density at radius 1 is 1.15 bits per heavy atom. The van der Waals surface area contributed by atoms with Crippen molar-refractivity contribution in [3.8, 4) is 11.4 Å². The van der Waals surface area contributed by atoms with Gasteiger partial charge in [0, 0.05) is 28.1 Å². The summed E-state index contributed by atoms with van der Waals surface area (Å²) in [5, 5.41) is 13.6.